The Kier molecular flexibility index (Phi) is 4.25. The van der Waals surface area contributed by atoms with Crippen LogP contribution in [-0.2, 0) is 11.3 Å². The zero-order chi connectivity index (χ0) is 14.7. The summed E-state index contributed by atoms with van der Waals surface area (Å²) >= 11 is 6.02. The van der Waals surface area contributed by atoms with Crippen LogP contribution in [0.3, 0.4) is 0 Å². The summed E-state index contributed by atoms with van der Waals surface area (Å²) in [5, 5.41) is 6.41. The van der Waals surface area contributed by atoms with Crippen molar-refractivity contribution in [2.75, 3.05) is 7.11 Å². The van der Waals surface area contributed by atoms with Gasteiger partial charge in [-0.25, -0.2) is 4.79 Å². The van der Waals surface area contributed by atoms with Crippen molar-refractivity contribution in [3.63, 3.8) is 0 Å². The van der Waals surface area contributed by atoms with E-state index in [2.05, 4.69) is 11.7 Å². The Bertz CT molecular complexity index is 620. The molecule has 0 N–H and O–H groups in total. The Morgan fingerprint density at radius 1 is 1.50 bits per heavy atom. The third-order valence-corrected chi connectivity index (χ3v) is 3.30. The Morgan fingerprint density at radius 2 is 2.25 bits per heavy atom. The molecule has 0 fully saturated rings. The molecule has 0 atom stereocenters. The van der Waals surface area contributed by atoms with Gasteiger partial charge in [0, 0.05) is 0 Å². The fourth-order valence-corrected chi connectivity index (χ4v) is 2.00. The van der Waals surface area contributed by atoms with E-state index in [1.807, 2.05) is 19.1 Å². The normalized spacial score (nSPS) is 14.8. The highest BCUT2D eigenvalue weighted by Gasteiger charge is 2.15. The number of hydrogen-bond acceptors (Lipinski definition) is 4. The number of carbonyl (C=O) groups is 1. The summed E-state index contributed by atoms with van der Waals surface area (Å²) in [4.78, 5) is 11.5. The standard InChI is InChI=1S/C15H15ClN2O2/c1-10-7-11(2)18(17-14(10)16)9-12-5-4-6-13(8-12)15(19)20-3/h4-8H,2,9H2,1,3H3. The number of allylic oxidation sites excluding steroid dienone is 2. The third kappa shape index (κ3) is 3.08. The third-order valence-electron chi connectivity index (χ3n) is 2.93. The first kappa shape index (κ1) is 14.3. The zero-order valence-electron chi connectivity index (χ0n) is 11.4. The predicted molar refractivity (Wildman–Crippen MR) is 79.5 cm³/mol. The van der Waals surface area contributed by atoms with Gasteiger partial charge in [0.05, 0.1) is 24.9 Å². The monoisotopic (exact) mass is 290 g/mol. The fourth-order valence-electron chi connectivity index (χ4n) is 1.86. The van der Waals surface area contributed by atoms with Crippen molar-refractivity contribution in [3.8, 4) is 0 Å². The van der Waals surface area contributed by atoms with Crippen molar-refractivity contribution in [3.05, 3.63) is 59.3 Å². The summed E-state index contributed by atoms with van der Waals surface area (Å²) in [6.07, 6.45) is 1.87. The summed E-state index contributed by atoms with van der Waals surface area (Å²) in [5.41, 5.74) is 3.08. The second-order valence-electron chi connectivity index (χ2n) is 4.46. The number of hydrazone groups is 1. The maximum atomic E-state index is 11.5. The lowest BCUT2D eigenvalue weighted by molar-refractivity contribution is 0.0600. The molecule has 0 saturated heterocycles. The van der Waals surface area contributed by atoms with E-state index in [0.717, 1.165) is 16.8 Å². The lowest BCUT2D eigenvalue weighted by Gasteiger charge is -2.24. The number of nitrogens with zero attached hydrogens (tertiary/aromatic N) is 2. The molecule has 0 bridgehead atoms. The van der Waals surface area contributed by atoms with Gasteiger partial charge >= 0.3 is 5.97 Å². The largest absolute Gasteiger partial charge is 0.465 e. The first-order valence-electron chi connectivity index (χ1n) is 6.07. The minimum absolute atomic E-state index is 0.360. The van der Waals surface area contributed by atoms with Crippen LogP contribution in [0.1, 0.15) is 22.8 Å². The highest BCUT2D eigenvalue weighted by molar-refractivity contribution is 6.69. The van der Waals surface area contributed by atoms with Gasteiger partial charge in [0.2, 0.25) is 0 Å². The van der Waals surface area contributed by atoms with Crippen LogP contribution in [0.15, 0.2) is 53.3 Å². The fraction of sp³-hybridized carbons (Fsp3) is 0.200. The molecule has 0 aliphatic carbocycles. The smallest absolute Gasteiger partial charge is 0.337 e. The van der Waals surface area contributed by atoms with Crippen LogP contribution in [0.5, 0.6) is 0 Å². The van der Waals surface area contributed by atoms with Crippen molar-refractivity contribution in [2.24, 2.45) is 5.10 Å². The van der Waals surface area contributed by atoms with Crippen LogP contribution in [0.4, 0.5) is 0 Å². The summed E-state index contributed by atoms with van der Waals surface area (Å²) in [5.74, 6) is -0.360. The Balaban J connectivity index is 2.19. The topological polar surface area (TPSA) is 41.9 Å². The van der Waals surface area contributed by atoms with Crippen molar-refractivity contribution in [1.29, 1.82) is 0 Å². The molecule has 0 saturated carbocycles. The molecule has 104 valence electrons. The Labute approximate surface area is 123 Å². The molecule has 5 heteroatoms. The van der Waals surface area contributed by atoms with Crippen LogP contribution in [0.25, 0.3) is 0 Å². The number of ether oxygens (including phenoxy) is 1. The Hall–Kier alpha value is -2.07. The highest BCUT2D eigenvalue weighted by Crippen LogP contribution is 2.21. The number of methoxy groups -OCH3 is 1. The van der Waals surface area contributed by atoms with E-state index in [9.17, 15) is 4.79 Å². The number of halogens is 1. The summed E-state index contributed by atoms with van der Waals surface area (Å²) in [7, 11) is 1.36. The minimum atomic E-state index is -0.360. The number of rotatable bonds is 3. The summed E-state index contributed by atoms with van der Waals surface area (Å²) in [6, 6.07) is 7.20. The lowest BCUT2D eigenvalue weighted by atomic mass is 10.1. The van der Waals surface area contributed by atoms with Crippen LogP contribution in [0, 0.1) is 0 Å². The molecule has 1 aliphatic heterocycles. The van der Waals surface area contributed by atoms with Gasteiger partial charge < -0.3 is 4.74 Å². The Morgan fingerprint density at radius 3 is 2.95 bits per heavy atom. The van der Waals surface area contributed by atoms with E-state index < -0.39 is 0 Å². The van der Waals surface area contributed by atoms with E-state index in [1.165, 1.54) is 7.11 Å². The molecule has 0 amide bonds. The van der Waals surface area contributed by atoms with Crippen LogP contribution in [0.2, 0.25) is 0 Å². The molecule has 4 nitrogen and oxygen atoms in total. The molecule has 0 radical (unpaired) electrons. The van der Waals surface area contributed by atoms with Gasteiger partial charge in [0.1, 0.15) is 0 Å². The minimum Gasteiger partial charge on any atom is -0.465 e. The van der Waals surface area contributed by atoms with Gasteiger partial charge in [0.15, 0.2) is 5.17 Å². The van der Waals surface area contributed by atoms with E-state index in [0.29, 0.717) is 17.3 Å². The van der Waals surface area contributed by atoms with E-state index in [4.69, 9.17) is 16.3 Å². The van der Waals surface area contributed by atoms with Crippen molar-refractivity contribution < 1.29 is 9.53 Å². The van der Waals surface area contributed by atoms with Gasteiger partial charge in [-0.1, -0.05) is 30.3 Å². The first-order chi connectivity index (χ1) is 9.51. The average Bonchev–Trinajstić information content (AvgIpc) is 2.44. The molecule has 1 aromatic carbocycles. The quantitative estimate of drug-likeness (QED) is 0.802. The molecule has 1 aliphatic rings. The zero-order valence-corrected chi connectivity index (χ0v) is 12.1. The molecule has 1 heterocycles. The predicted octanol–water partition coefficient (Wildman–Crippen LogP) is 3.30. The van der Waals surface area contributed by atoms with E-state index >= 15 is 0 Å². The van der Waals surface area contributed by atoms with Crippen molar-refractivity contribution in [1.82, 2.24) is 5.01 Å². The second-order valence-corrected chi connectivity index (χ2v) is 4.82. The molecular weight excluding hydrogens is 276 g/mol. The van der Waals surface area contributed by atoms with E-state index in [-0.39, 0.29) is 5.97 Å². The van der Waals surface area contributed by atoms with Gasteiger partial charge in [-0.3, -0.25) is 5.01 Å². The van der Waals surface area contributed by atoms with Crippen LogP contribution >= 0.6 is 11.6 Å². The van der Waals surface area contributed by atoms with Gasteiger partial charge in [-0.15, -0.1) is 0 Å². The number of esters is 1. The van der Waals surface area contributed by atoms with Crippen molar-refractivity contribution in [2.45, 2.75) is 13.5 Å². The second kappa shape index (κ2) is 5.92. The molecule has 2 rings (SSSR count). The van der Waals surface area contributed by atoms with Crippen LogP contribution < -0.4 is 0 Å². The van der Waals surface area contributed by atoms with Gasteiger partial charge in [-0.2, -0.15) is 5.10 Å². The molecular formula is C15H15ClN2O2. The maximum Gasteiger partial charge on any atom is 0.337 e. The molecule has 20 heavy (non-hydrogen) atoms. The number of hydrogen-bond donors (Lipinski definition) is 0. The van der Waals surface area contributed by atoms with Crippen molar-refractivity contribution >= 4 is 22.7 Å². The van der Waals surface area contributed by atoms with Crippen LogP contribution in [-0.4, -0.2) is 23.3 Å². The SMILES string of the molecule is C=C1C=C(C)C(Cl)=NN1Cc1cccc(C(=O)OC)c1. The van der Waals surface area contributed by atoms with Gasteiger partial charge in [0.25, 0.3) is 0 Å². The molecule has 1 aromatic rings. The van der Waals surface area contributed by atoms with E-state index in [1.54, 1.807) is 23.2 Å². The maximum absolute atomic E-state index is 11.5. The summed E-state index contributed by atoms with van der Waals surface area (Å²) in [6.45, 7) is 6.31. The number of carbonyl (C=O) groups excluding carboxylic acids is 1. The lowest BCUT2D eigenvalue weighted by Crippen LogP contribution is -2.20. The molecule has 0 aromatic heterocycles. The first-order valence-corrected chi connectivity index (χ1v) is 6.45. The molecule has 0 spiro atoms. The van der Waals surface area contributed by atoms with Gasteiger partial charge in [-0.05, 0) is 36.3 Å². The average molecular weight is 291 g/mol. The number of benzene rings is 1. The highest BCUT2D eigenvalue weighted by atomic mass is 35.5. The molecule has 0 unspecified atom stereocenters. The summed E-state index contributed by atoms with van der Waals surface area (Å²) < 4.78 is 4.71.